The van der Waals surface area contributed by atoms with Crippen molar-refractivity contribution in [1.29, 1.82) is 0 Å². The lowest BCUT2D eigenvalue weighted by Gasteiger charge is -2.38. The van der Waals surface area contributed by atoms with Crippen LogP contribution in [0.15, 0.2) is 58.2 Å². The van der Waals surface area contributed by atoms with Crippen LogP contribution in [0.4, 0.5) is 0 Å². The first kappa shape index (κ1) is 14.8. The van der Waals surface area contributed by atoms with Gasteiger partial charge in [-0.25, -0.2) is 4.68 Å². The average molecular weight is 323 g/mol. The third kappa shape index (κ3) is 3.11. The predicted molar refractivity (Wildman–Crippen MR) is 87.0 cm³/mol. The minimum atomic E-state index is -0.0728. The van der Waals surface area contributed by atoms with Crippen molar-refractivity contribution in [3.8, 4) is 11.3 Å². The van der Waals surface area contributed by atoms with E-state index in [4.69, 9.17) is 4.52 Å². The highest BCUT2D eigenvalue weighted by Crippen LogP contribution is 2.20. The van der Waals surface area contributed by atoms with Crippen molar-refractivity contribution in [2.24, 2.45) is 5.92 Å². The smallest absolute Gasteiger partial charge is 0.266 e. The van der Waals surface area contributed by atoms with E-state index in [0.717, 1.165) is 36.7 Å². The lowest BCUT2D eigenvalue weighted by molar-refractivity contribution is 0.0677. The number of pyridine rings is 1. The van der Waals surface area contributed by atoms with Crippen LogP contribution in [-0.2, 0) is 13.1 Å². The van der Waals surface area contributed by atoms with Crippen molar-refractivity contribution in [3.05, 3.63) is 65.0 Å². The molecule has 3 aromatic heterocycles. The molecule has 0 radical (unpaired) electrons. The summed E-state index contributed by atoms with van der Waals surface area (Å²) >= 11 is 0. The van der Waals surface area contributed by atoms with Gasteiger partial charge in [-0.15, -0.1) is 0 Å². The van der Waals surface area contributed by atoms with E-state index in [0.29, 0.717) is 12.5 Å². The van der Waals surface area contributed by atoms with E-state index in [1.807, 2.05) is 18.2 Å². The molecule has 0 N–H and O–H groups in total. The molecule has 1 saturated heterocycles. The fourth-order valence-electron chi connectivity index (χ4n) is 2.96. The van der Waals surface area contributed by atoms with Gasteiger partial charge in [0.1, 0.15) is 0 Å². The normalized spacial score (nSPS) is 15.3. The molecule has 4 heterocycles. The molecule has 0 spiro atoms. The Kier molecular flexibility index (Phi) is 3.92. The van der Waals surface area contributed by atoms with Crippen molar-refractivity contribution < 1.29 is 4.52 Å². The number of nitrogens with zero attached hydrogens (tertiary/aromatic N) is 5. The number of aromatic nitrogens is 4. The highest BCUT2D eigenvalue weighted by atomic mass is 16.5. The van der Waals surface area contributed by atoms with Crippen LogP contribution in [0.5, 0.6) is 0 Å². The summed E-state index contributed by atoms with van der Waals surface area (Å²) in [6.07, 6.45) is 5.12. The van der Waals surface area contributed by atoms with Crippen LogP contribution in [0.2, 0.25) is 0 Å². The van der Waals surface area contributed by atoms with Crippen molar-refractivity contribution >= 4 is 0 Å². The molecule has 0 atom stereocenters. The summed E-state index contributed by atoms with van der Waals surface area (Å²) in [4.78, 5) is 18.4. The summed E-state index contributed by atoms with van der Waals surface area (Å²) in [5.74, 6) is 1.28. The molecule has 1 aliphatic rings. The summed E-state index contributed by atoms with van der Waals surface area (Å²) in [5.41, 5.74) is 1.60. The first-order valence-corrected chi connectivity index (χ1v) is 7.88. The average Bonchev–Trinajstić information content (AvgIpc) is 3.08. The van der Waals surface area contributed by atoms with Crippen molar-refractivity contribution in [3.63, 3.8) is 0 Å². The molecule has 122 valence electrons. The molecule has 7 heteroatoms. The van der Waals surface area contributed by atoms with Gasteiger partial charge in [0.2, 0.25) is 0 Å². The molecule has 7 nitrogen and oxygen atoms in total. The van der Waals surface area contributed by atoms with E-state index < -0.39 is 0 Å². The molecular formula is C17H17N5O2. The Morgan fingerprint density at radius 3 is 2.83 bits per heavy atom. The maximum atomic E-state index is 12.1. The van der Waals surface area contributed by atoms with Crippen LogP contribution in [-0.4, -0.2) is 37.9 Å². The third-order valence-corrected chi connectivity index (χ3v) is 4.16. The van der Waals surface area contributed by atoms with Gasteiger partial charge in [-0.1, -0.05) is 5.16 Å². The molecule has 24 heavy (non-hydrogen) atoms. The highest BCUT2D eigenvalue weighted by molar-refractivity contribution is 5.56. The van der Waals surface area contributed by atoms with Gasteiger partial charge in [-0.3, -0.25) is 14.7 Å². The van der Waals surface area contributed by atoms with Crippen LogP contribution in [0.3, 0.4) is 0 Å². The van der Waals surface area contributed by atoms with Crippen LogP contribution in [0, 0.1) is 5.92 Å². The van der Waals surface area contributed by atoms with E-state index in [1.165, 1.54) is 0 Å². The Labute approximate surface area is 138 Å². The minimum absolute atomic E-state index is 0.0728. The van der Waals surface area contributed by atoms with Crippen molar-refractivity contribution in [2.75, 3.05) is 13.1 Å². The zero-order valence-corrected chi connectivity index (χ0v) is 13.1. The Morgan fingerprint density at radius 2 is 2.08 bits per heavy atom. The van der Waals surface area contributed by atoms with E-state index in [2.05, 4.69) is 20.1 Å². The van der Waals surface area contributed by atoms with E-state index in [-0.39, 0.29) is 5.56 Å². The van der Waals surface area contributed by atoms with Crippen LogP contribution in [0.1, 0.15) is 5.76 Å². The largest absolute Gasteiger partial charge is 0.360 e. The predicted octanol–water partition coefficient (Wildman–Crippen LogP) is 1.43. The van der Waals surface area contributed by atoms with Crippen LogP contribution < -0.4 is 5.56 Å². The fourth-order valence-corrected chi connectivity index (χ4v) is 2.96. The fraction of sp³-hybridized carbons (Fsp3) is 0.294. The molecule has 0 aliphatic carbocycles. The maximum Gasteiger partial charge on any atom is 0.266 e. The van der Waals surface area contributed by atoms with Gasteiger partial charge in [-0.2, -0.15) is 5.10 Å². The Hall–Kier alpha value is -2.80. The molecule has 1 aliphatic heterocycles. The van der Waals surface area contributed by atoms with Gasteiger partial charge >= 0.3 is 0 Å². The second kappa shape index (κ2) is 6.37. The molecule has 1 fully saturated rings. The van der Waals surface area contributed by atoms with Crippen LogP contribution in [0.25, 0.3) is 11.3 Å². The zero-order valence-electron chi connectivity index (χ0n) is 13.1. The summed E-state index contributed by atoms with van der Waals surface area (Å²) in [6, 6.07) is 8.98. The number of likely N-dealkylation sites (tertiary alicyclic amines) is 1. The summed E-state index contributed by atoms with van der Waals surface area (Å²) in [5, 5.41) is 8.19. The number of hydrogen-bond donors (Lipinski definition) is 0. The third-order valence-electron chi connectivity index (χ3n) is 4.16. The Bertz CT molecular complexity index is 854. The SMILES string of the molecule is O=c1ccc(-c2cccnc2)nn1CC1CN(Cc2ccno2)C1. The maximum absolute atomic E-state index is 12.1. The quantitative estimate of drug-likeness (QED) is 0.707. The molecule has 3 aromatic rings. The topological polar surface area (TPSA) is 77.1 Å². The van der Waals surface area contributed by atoms with Crippen LogP contribution >= 0.6 is 0 Å². The standard InChI is InChI=1S/C17H17N5O2/c23-17-4-3-16(14-2-1-6-18-8-14)20-22(17)11-13-9-21(10-13)12-15-5-7-19-24-15/h1-8,13H,9-12H2. The van der Waals surface area contributed by atoms with Crippen molar-refractivity contribution in [1.82, 2.24) is 24.8 Å². The molecule has 0 amide bonds. The van der Waals surface area contributed by atoms with E-state index in [9.17, 15) is 4.79 Å². The highest BCUT2D eigenvalue weighted by Gasteiger charge is 2.28. The van der Waals surface area contributed by atoms with Gasteiger partial charge in [0, 0.05) is 49.1 Å². The van der Waals surface area contributed by atoms with Gasteiger partial charge in [0.15, 0.2) is 5.76 Å². The monoisotopic (exact) mass is 323 g/mol. The van der Waals surface area contributed by atoms with Gasteiger partial charge in [0.05, 0.1) is 25.0 Å². The molecule has 0 unspecified atom stereocenters. The molecule has 0 saturated carbocycles. The van der Waals surface area contributed by atoms with Crippen molar-refractivity contribution in [2.45, 2.75) is 13.1 Å². The lowest BCUT2D eigenvalue weighted by atomic mass is 10.00. The Balaban J connectivity index is 1.41. The second-order valence-electron chi connectivity index (χ2n) is 6.02. The summed E-state index contributed by atoms with van der Waals surface area (Å²) < 4.78 is 6.67. The summed E-state index contributed by atoms with van der Waals surface area (Å²) in [7, 11) is 0. The minimum Gasteiger partial charge on any atom is -0.360 e. The first-order valence-electron chi connectivity index (χ1n) is 7.88. The molecule has 0 bridgehead atoms. The second-order valence-corrected chi connectivity index (χ2v) is 6.02. The number of rotatable bonds is 5. The molecule has 0 aromatic carbocycles. The van der Waals surface area contributed by atoms with E-state index in [1.54, 1.807) is 35.4 Å². The zero-order chi connectivity index (χ0) is 16.4. The van der Waals surface area contributed by atoms with E-state index >= 15 is 0 Å². The first-order chi connectivity index (χ1) is 11.8. The summed E-state index contributed by atoms with van der Waals surface area (Å²) in [6.45, 7) is 3.23. The Morgan fingerprint density at radius 1 is 1.17 bits per heavy atom. The lowest BCUT2D eigenvalue weighted by Crippen LogP contribution is -2.48. The van der Waals surface area contributed by atoms with Gasteiger partial charge in [-0.05, 0) is 18.2 Å². The van der Waals surface area contributed by atoms with Gasteiger partial charge in [0.25, 0.3) is 5.56 Å². The molecule has 4 rings (SSSR count). The number of hydrogen-bond acceptors (Lipinski definition) is 6. The van der Waals surface area contributed by atoms with Gasteiger partial charge < -0.3 is 4.52 Å². The molecular weight excluding hydrogens is 306 g/mol.